The molecule has 0 N–H and O–H groups in total. The molecular formula is C25H21N3O3. The molecule has 2 aromatic carbocycles. The SMILES string of the molecule is CN(CCC#N)C(=O)c1c2c(nc3ccccc13)C(=Cc1ccc3c(c1)OCO3)CC2. The van der Waals surface area contributed by atoms with E-state index in [9.17, 15) is 4.79 Å². The molecule has 2 aliphatic rings. The molecule has 6 heteroatoms. The van der Waals surface area contributed by atoms with Crippen molar-refractivity contribution < 1.29 is 14.3 Å². The molecule has 3 aromatic rings. The van der Waals surface area contributed by atoms with E-state index in [1.807, 2.05) is 42.5 Å². The van der Waals surface area contributed by atoms with Gasteiger partial charge in [-0.25, -0.2) is 4.98 Å². The molecule has 154 valence electrons. The molecule has 0 spiro atoms. The maximum Gasteiger partial charge on any atom is 0.254 e. The van der Waals surface area contributed by atoms with Crippen LogP contribution in [0.1, 0.15) is 40.0 Å². The Kier molecular flexibility index (Phi) is 4.79. The van der Waals surface area contributed by atoms with Crippen molar-refractivity contribution in [2.24, 2.45) is 0 Å². The van der Waals surface area contributed by atoms with Crippen LogP contribution in [-0.4, -0.2) is 36.2 Å². The number of aromatic nitrogens is 1. The highest BCUT2D eigenvalue weighted by atomic mass is 16.7. The van der Waals surface area contributed by atoms with E-state index in [-0.39, 0.29) is 12.7 Å². The molecule has 1 aliphatic heterocycles. The van der Waals surface area contributed by atoms with Gasteiger partial charge >= 0.3 is 0 Å². The number of amides is 1. The summed E-state index contributed by atoms with van der Waals surface area (Å²) in [5, 5.41) is 9.77. The molecular weight excluding hydrogens is 390 g/mol. The summed E-state index contributed by atoms with van der Waals surface area (Å²) in [6, 6.07) is 15.8. The summed E-state index contributed by atoms with van der Waals surface area (Å²) in [5.74, 6) is 1.44. The van der Waals surface area contributed by atoms with Gasteiger partial charge in [-0.2, -0.15) is 5.26 Å². The molecule has 0 saturated heterocycles. The van der Waals surface area contributed by atoms with Crippen LogP contribution in [0.15, 0.2) is 42.5 Å². The predicted molar refractivity (Wildman–Crippen MR) is 118 cm³/mol. The second kappa shape index (κ2) is 7.77. The molecule has 31 heavy (non-hydrogen) atoms. The molecule has 0 bridgehead atoms. The molecule has 1 aliphatic carbocycles. The summed E-state index contributed by atoms with van der Waals surface area (Å²) in [5.41, 5.74) is 5.49. The fraction of sp³-hybridized carbons (Fsp3) is 0.240. The summed E-state index contributed by atoms with van der Waals surface area (Å²) in [7, 11) is 1.75. The maximum absolute atomic E-state index is 13.4. The summed E-state index contributed by atoms with van der Waals surface area (Å²) < 4.78 is 10.9. The number of para-hydroxylation sites is 1. The lowest BCUT2D eigenvalue weighted by Gasteiger charge is -2.19. The zero-order chi connectivity index (χ0) is 21.4. The third-order valence-corrected chi connectivity index (χ3v) is 5.80. The quantitative estimate of drug-likeness (QED) is 0.635. The third-order valence-electron chi connectivity index (χ3n) is 5.80. The number of carbonyl (C=O) groups is 1. The highest BCUT2D eigenvalue weighted by Crippen LogP contribution is 2.39. The van der Waals surface area contributed by atoms with Crippen molar-refractivity contribution in [3.05, 3.63) is 64.8 Å². The number of rotatable bonds is 4. The number of nitrogens with zero attached hydrogens (tertiary/aromatic N) is 3. The second-order valence-electron chi connectivity index (χ2n) is 7.75. The Labute approximate surface area is 180 Å². The maximum atomic E-state index is 13.4. The Balaban J connectivity index is 1.61. The first-order chi connectivity index (χ1) is 15.2. The van der Waals surface area contributed by atoms with Crippen LogP contribution in [0.3, 0.4) is 0 Å². The number of nitriles is 1. The van der Waals surface area contributed by atoms with Gasteiger partial charge in [-0.1, -0.05) is 24.3 Å². The lowest BCUT2D eigenvalue weighted by atomic mass is 9.99. The van der Waals surface area contributed by atoms with Gasteiger partial charge in [-0.3, -0.25) is 4.79 Å². The van der Waals surface area contributed by atoms with Gasteiger partial charge in [0, 0.05) is 19.0 Å². The normalized spacial score (nSPS) is 15.2. The number of carbonyl (C=O) groups excluding carboxylic acids is 1. The Morgan fingerprint density at radius 1 is 1.19 bits per heavy atom. The highest BCUT2D eigenvalue weighted by Gasteiger charge is 2.28. The first-order valence-electron chi connectivity index (χ1n) is 10.3. The van der Waals surface area contributed by atoms with Crippen LogP contribution >= 0.6 is 0 Å². The van der Waals surface area contributed by atoms with Crippen molar-refractivity contribution in [1.29, 1.82) is 5.26 Å². The summed E-state index contributed by atoms with van der Waals surface area (Å²) in [4.78, 5) is 19.9. The molecule has 6 nitrogen and oxygen atoms in total. The second-order valence-corrected chi connectivity index (χ2v) is 7.75. The van der Waals surface area contributed by atoms with Crippen molar-refractivity contribution in [3.63, 3.8) is 0 Å². The van der Waals surface area contributed by atoms with Crippen molar-refractivity contribution in [3.8, 4) is 17.6 Å². The zero-order valence-electron chi connectivity index (χ0n) is 17.2. The van der Waals surface area contributed by atoms with E-state index in [0.717, 1.165) is 57.6 Å². The van der Waals surface area contributed by atoms with Crippen LogP contribution in [0.2, 0.25) is 0 Å². The molecule has 0 radical (unpaired) electrons. The topological polar surface area (TPSA) is 75.5 Å². The molecule has 5 rings (SSSR count). The van der Waals surface area contributed by atoms with Gasteiger partial charge in [0.25, 0.3) is 5.91 Å². The Hall–Kier alpha value is -3.85. The zero-order valence-corrected chi connectivity index (χ0v) is 17.2. The minimum Gasteiger partial charge on any atom is -0.454 e. The minimum atomic E-state index is -0.0607. The highest BCUT2D eigenvalue weighted by molar-refractivity contribution is 6.09. The lowest BCUT2D eigenvalue weighted by Crippen LogP contribution is -2.28. The van der Waals surface area contributed by atoms with E-state index in [4.69, 9.17) is 19.7 Å². The van der Waals surface area contributed by atoms with Crippen molar-refractivity contribution >= 4 is 28.5 Å². The van der Waals surface area contributed by atoms with Crippen LogP contribution in [0.5, 0.6) is 11.5 Å². The van der Waals surface area contributed by atoms with Gasteiger partial charge in [0.2, 0.25) is 6.79 Å². The summed E-state index contributed by atoms with van der Waals surface area (Å²) in [6.07, 6.45) is 4.00. The van der Waals surface area contributed by atoms with Crippen molar-refractivity contribution in [1.82, 2.24) is 9.88 Å². The van der Waals surface area contributed by atoms with Gasteiger partial charge in [0.1, 0.15) is 0 Å². The van der Waals surface area contributed by atoms with E-state index in [1.165, 1.54) is 0 Å². The summed E-state index contributed by atoms with van der Waals surface area (Å²) in [6.45, 7) is 0.650. The number of hydrogen-bond acceptors (Lipinski definition) is 5. The number of pyridine rings is 1. The fourth-order valence-corrected chi connectivity index (χ4v) is 4.24. The number of ether oxygens (including phenoxy) is 2. The van der Waals surface area contributed by atoms with Gasteiger partial charge < -0.3 is 14.4 Å². The third kappa shape index (κ3) is 3.38. The monoisotopic (exact) mass is 411 g/mol. The average molecular weight is 411 g/mol. The first-order valence-corrected chi connectivity index (χ1v) is 10.3. The van der Waals surface area contributed by atoms with Crippen LogP contribution in [0.4, 0.5) is 0 Å². The largest absolute Gasteiger partial charge is 0.454 e. The standard InChI is InChI=1S/C25H21N3O3/c1-28(12-4-11-26)25(29)23-18-5-2-3-6-20(18)27-24-17(8-9-19(23)24)13-16-7-10-21-22(14-16)31-15-30-21/h2-3,5-7,10,13-14H,4,8-9,12,15H2,1H3. The van der Waals surface area contributed by atoms with Gasteiger partial charge in [-0.05, 0) is 53.8 Å². The van der Waals surface area contributed by atoms with Gasteiger partial charge in [0.15, 0.2) is 11.5 Å². The van der Waals surface area contributed by atoms with Crippen LogP contribution < -0.4 is 9.47 Å². The number of allylic oxidation sites excluding steroid dienone is 1. The lowest BCUT2D eigenvalue weighted by molar-refractivity contribution is 0.0799. The predicted octanol–water partition coefficient (Wildman–Crippen LogP) is 4.44. The van der Waals surface area contributed by atoms with E-state index in [2.05, 4.69) is 12.1 Å². The fourth-order valence-electron chi connectivity index (χ4n) is 4.24. The first kappa shape index (κ1) is 19.1. The van der Waals surface area contributed by atoms with Gasteiger partial charge in [0.05, 0.1) is 29.3 Å². The van der Waals surface area contributed by atoms with E-state index >= 15 is 0 Å². The Bertz CT molecular complexity index is 1270. The Morgan fingerprint density at radius 2 is 2.03 bits per heavy atom. The minimum absolute atomic E-state index is 0.0607. The van der Waals surface area contributed by atoms with E-state index in [1.54, 1.807) is 11.9 Å². The molecule has 1 aromatic heterocycles. The molecule has 0 fully saturated rings. The molecule has 0 unspecified atom stereocenters. The van der Waals surface area contributed by atoms with Crippen LogP contribution in [0.25, 0.3) is 22.6 Å². The van der Waals surface area contributed by atoms with E-state index < -0.39 is 0 Å². The van der Waals surface area contributed by atoms with E-state index in [0.29, 0.717) is 18.5 Å². The number of benzene rings is 2. The summed E-state index contributed by atoms with van der Waals surface area (Å²) >= 11 is 0. The number of fused-ring (bicyclic) bond motifs is 3. The van der Waals surface area contributed by atoms with Crippen molar-refractivity contribution in [2.75, 3.05) is 20.4 Å². The average Bonchev–Trinajstić information content (AvgIpc) is 3.42. The van der Waals surface area contributed by atoms with Gasteiger partial charge in [-0.15, -0.1) is 0 Å². The number of hydrogen-bond donors (Lipinski definition) is 0. The molecule has 0 atom stereocenters. The molecule has 0 saturated carbocycles. The van der Waals surface area contributed by atoms with Crippen LogP contribution in [0, 0.1) is 11.3 Å². The molecule has 1 amide bonds. The smallest absolute Gasteiger partial charge is 0.254 e. The van der Waals surface area contributed by atoms with Crippen molar-refractivity contribution in [2.45, 2.75) is 19.3 Å². The molecule has 2 heterocycles. The Morgan fingerprint density at radius 3 is 2.90 bits per heavy atom. The van der Waals surface area contributed by atoms with Crippen LogP contribution in [-0.2, 0) is 6.42 Å².